The van der Waals surface area contributed by atoms with Crippen LogP contribution < -0.4 is 5.73 Å². The minimum absolute atomic E-state index is 0.552. The molecule has 0 aliphatic heterocycles. The lowest BCUT2D eigenvalue weighted by atomic mass is 10.2. The van der Waals surface area contributed by atoms with E-state index in [-0.39, 0.29) is 0 Å². The monoisotopic (exact) mass is 250 g/mol. The summed E-state index contributed by atoms with van der Waals surface area (Å²) in [5, 5.41) is 0.767. The van der Waals surface area contributed by atoms with Crippen molar-refractivity contribution in [1.29, 1.82) is 0 Å². The van der Waals surface area contributed by atoms with Crippen LogP contribution in [0.1, 0.15) is 5.56 Å². The van der Waals surface area contributed by atoms with E-state index in [1.54, 1.807) is 18.0 Å². The molecule has 0 bridgehead atoms. The molecular weight excluding hydrogens is 240 g/mol. The number of nitrogens with zero attached hydrogens (tertiary/aromatic N) is 1. The van der Waals surface area contributed by atoms with Gasteiger partial charge in [0.15, 0.2) is 0 Å². The molecule has 0 spiro atoms. The third-order valence-electron chi connectivity index (χ3n) is 2.08. The van der Waals surface area contributed by atoms with E-state index in [0.29, 0.717) is 5.82 Å². The van der Waals surface area contributed by atoms with Crippen molar-refractivity contribution >= 4 is 29.2 Å². The molecule has 0 aliphatic rings. The largest absolute Gasteiger partial charge is 0.384 e. The molecule has 4 heteroatoms. The molecule has 2 N–H and O–H groups in total. The van der Waals surface area contributed by atoms with Crippen molar-refractivity contribution in [1.82, 2.24) is 4.98 Å². The van der Waals surface area contributed by atoms with Crippen molar-refractivity contribution < 1.29 is 0 Å². The Morgan fingerprint density at radius 1 is 1.12 bits per heavy atom. The molecule has 0 saturated heterocycles. The molecule has 82 valence electrons. The molecule has 2 rings (SSSR count). The third kappa shape index (κ3) is 3.15. The smallest absolute Gasteiger partial charge is 0.123 e. The van der Waals surface area contributed by atoms with Gasteiger partial charge in [0, 0.05) is 21.9 Å². The van der Waals surface area contributed by atoms with E-state index in [1.165, 1.54) is 5.56 Å². The Hall–Kier alpha value is -1.19. The summed E-state index contributed by atoms with van der Waals surface area (Å²) < 4.78 is 0. The van der Waals surface area contributed by atoms with Crippen molar-refractivity contribution in [3.05, 3.63) is 53.2 Å². The molecular formula is C12H11ClN2S. The van der Waals surface area contributed by atoms with Gasteiger partial charge in [-0.3, -0.25) is 0 Å². The van der Waals surface area contributed by atoms with Crippen molar-refractivity contribution in [3.63, 3.8) is 0 Å². The first-order valence-electron chi connectivity index (χ1n) is 4.83. The van der Waals surface area contributed by atoms with E-state index in [9.17, 15) is 0 Å². The number of thioether (sulfide) groups is 1. The Labute approximate surface area is 104 Å². The van der Waals surface area contributed by atoms with Crippen LogP contribution in [0.4, 0.5) is 5.82 Å². The average molecular weight is 251 g/mol. The zero-order valence-corrected chi connectivity index (χ0v) is 10.1. The van der Waals surface area contributed by atoms with E-state index in [0.717, 1.165) is 15.7 Å². The molecule has 0 amide bonds. The minimum Gasteiger partial charge on any atom is -0.384 e. The SMILES string of the molecule is Nc1ccc(SCc2ccc(Cl)cc2)cn1. The maximum atomic E-state index is 5.82. The average Bonchev–Trinajstić information content (AvgIpc) is 2.30. The van der Waals surface area contributed by atoms with Gasteiger partial charge in [0.2, 0.25) is 0 Å². The summed E-state index contributed by atoms with van der Waals surface area (Å²) in [5.74, 6) is 1.46. The summed E-state index contributed by atoms with van der Waals surface area (Å²) in [6.07, 6.45) is 1.79. The summed E-state index contributed by atoms with van der Waals surface area (Å²) >= 11 is 7.54. The van der Waals surface area contributed by atoms with Crippen molar-refractivity contribution in [2.24, 2.45) is 0 Å². The summed E-state index contributed by atoms with van der Waals surface area (Å²) in [4.78, 5) is 5.16. The van der Waals surface area contributed by atoms with Gasteiger partial charge < -0.3 is 5.73 Å². The Kier molecular flexibility index (Phi) is 3.70. The van der Waals surface area contributed by atoms with Crippen LogP contribution >= 0.6 is 23.4 Å². The van der Waals surface area contributed by atoms with Crippen LogP contribution in [0.5, 0.6) is 0 Å². The first-order valence-corrected chi connectivity index (χ1v) is 6.19. The van der Waals surface area contributed by atoms with Gasteiger partial charge in [-0.25, -0.2) is 4.98 Å². The fourth-order valence-electron chi connectivity index (χ4n) is 1.22. The summed E-state index contributed by atoms with van der Waals surface area (Å²) in [7, 11) is 0. The number of benzene rings is 1. The van der Waals surface area contributed by atoms with Crippen LogP contribution in [0.3, 0.4) is 0 Å². The Bertz CT molecular complexity index is 408. The number of nitrogens with two attached hydrogens (primary N) is 1. The second-order valence-electron chi connectivity index (χ2n) is 3.33. The standard InChI is InChI=1S/C12H11ClN2S/c13-10-3-1-9(2-4-10)8-16-11-5-6-12(14)15-7-11/h1-7H,8H2,(H2,14,15). The molecule has 0 saturated carbocycles. The van der Waals surface area contributed by atoms with Gasteiger partial charge in [-0.05, 0) is 29.8 Å². The van der Waals surface area contributed by atoms with Gasteiger partial charge in [0.05, 0.1) is 0 Å². The second kappa shape index (κ2) is 5.23. The van der Waals surface area contributed by atoms with Crippen LogP contribution in [-0.4, -0.2) is 4.98 Å². The van der Waals surface area contributed by atoms with Crippen molar-refractivity contribution in [3.8, 4) is 0 Å². The fourth-order valence-corrected chi connectivity index (χ4v) is 2.17. The lowest BCUT2D eigenvalue weighted by Gasteiger charge is -2.02. The normalized spacial score (nSPS) is 10.3. The Morgan fingerprint density at radius 3 is 2.50 bits per heavy atom. The van der Waals surface area contributed by atoms with E-state index >= 15 is 0 Å². The molecule has 2 nitrogen and oxygen atoms in total. The van der Waals surface area contributed by atoms with Crippen LogP contribution in [0.15, 0.2) is 47.5 Å². The summed E-state index contributed by atoms with van der Waals surface area (Å²) in [5.41, 5.74) is 6.76. The van der Waals surface area contributed by atoms with Gasteiger partial charge in [-0.15, -0.1) is 11.8 Å². The number of aromatic nitrogens is 1. The lowest BCUT2D eigenvalue weighted by molar-refractivity contribution is 1.24. The number of hydrogen-bond acceptors (Lipinski definition) is 3. The van der Waals surface area contributed by atoms with Crippen LogP contribution in [0.2, 0.25) is 5.02 Å². The molecule has 16 heavy (non-hydrogen) atoms. The highest BCUT2D eigenvalue weighted by atomic mass is 35.5. The lowest BCUT2D eigenvalue weighted by Crippen LogP contribution is -1.88. The van der Waals surface area contributed by atoms with Gasteiger partial charge in [0.1, 0.15) is 5.82 Å². The topological polar surface area (TPSA) is 38.9 Å². The molecule has 0 unspecified atom stereocenters. The van der Waals surface area contributed by atoms with E-state index in [2.05, 4.69) is 4.98 Å². The molecule has 1 aromatic carbocycles. The predicted octanol–water partition coefficient (Wildman–Crippen LogP) is 3.61. The molecule has 0 atom stereocenters. The van der Waals surface area contributed by atoms with Gasteiger partial charge >= 0.3 is 0 Å². The van der Waals surface area contributed by atoms with E-state index in [1.807, 2.05) is 36.4 Å². The Balaban J connectivity index is 1.97. The minimum atomic E-state index is 0.552. The zero-order chi connectivity index (χ0) is 11.4. The molecule has 1 aromatic heterocycles. The number of pyridine rings is 1. The van der Waals surface area contributed by atoms with Crippen molar-refractivity contribution in [2.75, 3.05) is 5.73 Å². The summed E-state index contributed by atoms with van der Waals surface area (Å²) in [6.45, 7) is 0. The molecule has 0 radical (unpaired) electrons. The number of hydrogen-bond donors (Lipinski definition) is 1. The first-order chi connectivity index (χ1) is 7.74. The van der Waals surface area contributed by atoms with Crippen LogP contribution in [0, 0.1) is 0 Å². The zero-order valence-electron chi connectivity index (χ0n) is 8.56. The fraction of sp³-hybridized carbons (Fsp3) is 0.0833. The number of rotatable bonds is 3. The van der Waals surface area contributed by atoms with E-state index in [4.69, 9.17) is 17.3 Å². The first kappa shape index (κ1) is 11.3. The molecule has 1 heterocycles. The number of halogens is 1. The molecule has 0 fully saturated rings. The Morgan fingerprint density at radius 2 is 1.88 bits per heavy atom. The quantitative estimate of drug-likeness (QED) is 0.846. The second-order valence-corrected chi connectivity index (χ2v) is 4.82. The molecule has 0 aliphatic carbocycles. The van der Waals surface area contributed by atoms with Gasteiger partial charge in [-0.1, -0.05) is 23.7 Å². The highest BCUT2D eigenvalue weighted by molar-refractivity contribution is 7.98. The third-order valence-corrected chi connectivity index (χ3v) is 3.38. The number of anilines is 1. The summed E-state index contributed by atoms with van der Waals surface area (Å²) in [6, 6.07) is 11.6. The van der Waals surface area contributed by atoms with Crippen LogP contribution in [0.25, 0.3) is 0 Å². The maximum Gasteiger partial charge on any atom is 0.123 e. The maximum absolute atomic E-state index is 5.82. The molecule has 2 aromatic rings. The van der Waals surface area contributed by atoms with E-state index < -0.39 is 0 Å². The van der Waals surface area contributed by atoms with Crippen molar-refractivity contribution in [2.45, 2.75) is 10.6 Å². The van der Waals surface area contributed by atoms with Crippen LogP contribution in [-0.2, 0) is 5.75 Å². The number of nitrogen functional groups attached to an aromatic ring is 1. The highest BCUT2D eigenvalue weighted by Crippen LogP contribution is 2.23. The highest BCUT2D eigenvalue weighted by Gasteiger charge is 1.97. The van der Waals surface area contributed by atoms with Gasteiger partial charge in [0.25, 0.3) is 0 Å². The van der Waals surface area contributed by atoms with Gasteiger partial charge in [-0.2, -0.15) is 0 Å². The predicted molar refractivity (Wildman–Crippen MR) is 69.7 cm³/mol.